The second-order valence-corrected chi connectivity index (χ2v) is 6.28. The third-order valence-electron chi connectivity index (χ3n) is 3.97. The zero-order chi connectivity index (χ0) is 17.5. The van der Waals surface area contributed by atoms with Crippen molar-refractivity contribution >= 4 is 47.2 Å². The molecule has 25 heavy (non-hydrogen) atoms. The second-order valence-electron chi connectivity index (χ2n) is 5.85. The Balaban J connectivity index is 0.00000312. The number of halogens is 2. The molecule has 0 aliphatic heterocycles. The summed E-state index contributed by atoms with van der Waals surface area (Å²) in [7, 11) is 7.92. The lowest BCUT2D eigenvalue weighted by Gasteiger charge is -2.24. The number of aryl methyl sites for hydroxylation is 1. The van der Waals surface area contributed by atoms with E-state index in [2.05, 4.69) is 51.4 Å². The molecule has 1 aromatic carbocycles. The van der Waals surface area contributed by atoms with Crippen LogP contribution in [0.2, 0.25) is 5.02 Å². The molecule has 0 fully saturated rings. The van der Waals surface area contributed by atoms with E-state index in [-0.39, 0.29) is 24.0 Å². The van der Waals surface area contributed by atoms with E-state index in [4.69, 9.17) is 11.6 Å². The van der Waals surface area contributed by atoms with Crippen LogP contribution in [0.25, 0.3) is 0 Å². The first kappa shape index (κ1) is 21.6. The third-order valence-corrected chi connectivity index (χ3v) is 4.18. The molecule has 0 aliphatic carbocycles. The Kier molecular flexibility index (Phi) is 9.13. The van der Waals surface area contributed by atoms with Gasteiger partial charge in [0, 0.05) is 58.9 Å². The summed E-state index contributed by atoms with van der Waals surface area (Å²) in [6.07, 6.45) is 1.91. The van der Waals surface area contributed by atoms with E-state index in [1.165, 1.54) is 5.69 Å². The number of likely N-dealkylation sites (N-methyl/N-ethyl adjacent to an activating group) is 1. The maximum absolute atomic E-state index is 6.05. The van der Waals surface area contributed by atoms with Gasteiger partial charge in [0.1, 0.15) is 0 Å². The molecule has 2 rings (SSSR count). The van der Waals surface area contributed by atoms with Crippen LogP contribution in [0.1, 0.15) is 5.69 Å². The number of nitrogens with zero attached hydrogens (tertiary/aromatic N) is 4. The van der Waals surface area contributed by atoms with Gasteiger partial charge in [0.05, 0.1) is 11.6 Å². The van der Waals surface area contributed by atoms with Crippen molar-refractivity contribution < 1.29 is 0 Å². The van der Waals surface area contributed by atoms with Crippen LogP contribution in [-0.2, 0) is 13.6 Å². The number of hydrogen-bond donors (Lipinski definition) is 1. The first-order chi connectivity index (χ1) is 11.5. The number of para-hydroxylation sites is 1. The molecule has 1 heterocycles. The fourth-order valence-corrected chi connectivity index (χ4v) is 2.85. The topological polar surface area (TPSA) is 35.8 Å². The molecule has 0 aliphatic rings. The molecule has 0 saturated carbocycles. The van der Waals surface area contributed by atoms with E-state index >= 15 is 0 Å². The predicted molar refractivity (Wildman–Crippen MR) is 118 cm³/mol. The molecular formula is C18H27ClIN5. The van der Waals surface area contributed by atoms with Gasteiger partial charge in [-0.1, -0.05) is 29.8 Å². The number of hydrogen-bond acceptors (Lipinski definition) is 2. The molecule has 0 unspecified atom stereocenters. The lowest BCUT2D eigenvalue weighted by molar-refractivity contribution is 0.462. The van der Waals surface area contributed by atoms with Crippen LogP contribution in [-0.4, -0.2) is 49.7 Å². The Morgan fingerprint density at radius 2 is 1.92 bits per heavy atom. The van der Waals surface area contributed by atoms with Gasteiger partial charge in [-0.2, -0.15) is 0 Å². The minimum absolute atomic E-state index is 0. The molecule has 0 spiro atoms. The van der Waals surface area contributed by atoms with Crippen LogP contribution in [0.5, 0.6) is 0 Å². The summed E-state index contributed by atoms with van der Waals surface area (Å²) in [6.45, 7) is 2.46. The van der Waals surface area contributed by atoms with Crippen molar-refractivity contribution in [3.8, 4) is 0 Å². The summed E-state index contributed by atoms with van der Waals surface area (Å²) in [5, 5.41) is 4.17. The van der Waals surface area contributed by atoms with E-state index in [0.29, 0.717) is 0 Å². The number of benzene rings is 1. The Morgan fingerprint density at radius 3 is 2.48 bits per heavy atom. The zero-order valence-electron chi connectivity index (χ0n) is 15.2. The standard InChI is InChI=1S/C18H26ClN5.HI/c1-20-18(24(4)14-17-12-15(19)13-23(17)3)21-10-11-22(2)16-8-6-5-7-9-16;/h5-9,12-13H,10-11,14H2,1-4H3,(H,20,21);1H. The minimum atomic E-state index is 0. The maximum Gasteiger partial charge on any atom is 0.193 e. The van der Waals surface area contributed by atoms with Crippen molar-refractivity contribution in [3.05, 3.63) is 53.3 Å². The molecular weight excluding hydrogens is 449 g/mol. The number of anilines is 1. The molecule has 1 aromatic heterocycles. The van der Waals surface area contributed by atoms with Crippen LogP contribution in [0.4, 0.5) is 5.69 Å². The highest BCUT2D eigenvalue weighted by atomic mass is 127. The van der Waals surface area contributed by atoms with E-state index in [1.807, 2.05) is 37.0 Å². The number of aromatic nitrogens is 1. The van der Waals surface area contributed by atoms with E-state index in [9.17, 15) is 0 Å². The fourth-order valence-electron chi connectivity index (χ4n) is 2.57. The Labute approximate surface area is 172 Å². The molecule has 0 atom stereocenters. The van der Waals surface area contributed by atoms with Crippen molar-refractivity contribution in [2.24, 2.45) is 12.0 Å². The molecule has 1 N–H and O–H groups in total. The molecule has 0 amide bonds. The number of guanidine groups is 1. The molecule has 5 nitrogen and oxygen atoms in total. The van der Waals surface area contributed by atoms with E-state index < -0.39 is 0 Å². The van der Waals surface area contributed by atoms with Crippen LogP contribution in [0.3, 0.4) is 0 Å². The monoisotopic (exact) mass is 475 g/mol. The van der Waals surface area contributed by atoms with Gasteiger partial charge in [0.25, 0.3) is 0 Å². The zero-order valence-corrected chi connectivity index (χ0v) is 18.3. The van der Waals surface area contributed by atoms with Gasteiger partial charge in [-0.15, -0.1) is 24.0 Å². The number of nitrogens with one attached hydrogen (secondary N) is 1. The van der Waals surface area contributed by atoms with Crippen LogP contribution >= 0.6 is 35.6 Å². The summed E-state index contributed by atoms with van der Waals surface area (Å²) in [5.74, 6) is 0.869. The average Bonchev–Trinajstić information content (AvgIpc) is 2.89. The second kappa shape index (κ2) is 10.6. The molecule has 0 bridgehead atoms. The van der Waals surface area contributed by atoms with Crippen molar-refractivity contribution in [3.63, 3.8) is 0 Å². The smallest absolute Gasteiger partial charge is 0.193 e. The van der Waals surface area contributed by atoms with Gasteiger partial charge in [0.2, 0.25) is 0 Å². The Hall–Kier alpha value is -1.41. The minimum Gasteiger partial charge on any atom is -0.373 e. The van der Waals surface area contributed by atoms with Gasteiger partial charge in [-0.3, -0.25) is 4.99 Å². The first-order valence-electron chi connectivity index (χ1n) is 8.00. The highest BCUT2D eigenvalue weighted by molar-refractivity contribution is 14.0. The molecule has 138 valence electrons. The fraction of sp³-hybridized carbons (Fsp3) is 0.389. The van der Waals surface area contributed by atoms with Crippen molar-refractivity contribution in [1.82, 2.24) is 14.8 Å². The highest BCUT2D eigenvalue weighted by Crippen LogP contribution is 2.14. The molecule has 0 radical (unpaired) electrons. The summed E-state index contributed by atoms with van der Waals surface area (Å²) < 4.78 is 2.04. The van der Waals surface area contributed by atoms with Gasteiger partial charge in [-0.25, -0.2) is 0 Å². The molecule has 2 aromatic rings. The summed E-state index contributed by atoms with van der Waals surface area (Å²) in [4.78, 5) is 8.67. The lowest BCUT2D eigenvalue weighted by atomic mass is 10.3. The van der Waals surface area contributed by atoms with Crippen LogP contribution in [0, 0.1) is 0 Å². The quantitative estimate of drug-likeness (QED) is 0.395. The average molecular weight is 476 g/mol. The molecule has 7 heteroatoms. The van der Waals surface area contributed by atoms with Crippen molar-refractivity contribution in [1.29, 1.82) is 0 Å². The van der Waals surface area contributed by atoms with Gasteiger partial charge in [0.15, 0.2) is 5.96 Å². The summed E-state index contributed by atoms with van der Waals surface area (Å²) >= 11 is 6.05. The molecule has 0 saturated heterocycles. The summed E-state index contributed by atoms with van der Waals surface area (Å²) in [5.41, 5.74) is 2.35. The SMILES string of the molecule is CN=C(NCCN(C)c1ccccc1)N(C)Cc1cc(Cl)cn1C.I. The largest absolute Gasteiger partial charge is 0.373 e. The lowest BCUT2D eigenvalue weighted by Crippen LogP contribution is -2.41. The van der Waals surface area contributed by atoms with Crippen molar-refractivity contribution in [2.45, 2.75) is 6.54 Å². The van der Waals surface area contributed by atoms with Gasteiger partial charge in [-0.05, 0) is 18.2 Å². The first-order valence-corrected chi connectivity index (χ1v) is 8.37. The van der Waals surface area contributed by atoms with Crippen LogP contribution < -0.4 is 10.2 Å². The van der Waals surface area contributed by atoms with Gasteiger partial charge < -0.3 is 19.7 Å². The maximum atomic E-state index is 6.05. The van der Waals surface area contributed by atoms with Crippen molar-refractivity contribution in [2.75, 3.05) is 39.1 Å². The van der Waals surface area contributed by atoms with E-state index in [0.717, 1.165) is 36.3 Å². The van der Waals surface area contributed by atoms with Crippen LogP contribution in [0.15, 0.2) is 47.6 Å². The highest BCUT2D eigenvalue weighted by Gasteiger charge is 2.10. The normalized spacial score (nSPS) is 11.0. The Bertz CT molecular complexity index is 671. The number of rotatable bonds is 6. The third kappa shape index (κ3) is 6.43. The Morgan fingerprint density at radius 1 is 1.24 bits per heavy atom. The predicted octanol–water partition coefficient (Wildman–Crippen LogP) is 3.44. The van der Waals surface area contributed by atoms with E-state index in [1.54, 1.807) is 7.05 Å². The number of aliphatic imine (C=N–C) groups is 1. The van der Waals surface area contributed by atoms with Gasteiger partial charge >= 0.3 is 0 Å². The summed E-state index contributed by atoms with van der Waals surface area (Å²) in [6, 6.07) is 12.3.